The minimum atomic E-state index is -3.65. The summed E-state index contributed by atoms with van der Waals surface area (Å²) in [6.07, 6.45) is 0.112. The number of amides is 2. The van der Waals surface area contributed by atoms with Crippen LogP contribution in [0.3, 0.4) is 0 Å². The monoisotopic (exact) mass is 459 g/mol. The predicted molar refractivity (Wildman–Crippen MR) is 123 cm³/mol. The van der Waals surface area contributed by atoms with Crippen molar-refractivity contribution in [2.75, 3.05) is 23.4 Å². The number of hydrogen-bond acceptors (Lipinski definition) is 5. The van der Waals surface area contributed by atoms with Crippen molar-refractivity contribution in [3.05, 3.63) is 48.5 Å². The van der Waals surface area contributed by atoms with Crippen LogP contribution in [0.15, 0.2) is 53.4 Å². The molecule has 0 aliphatic carbocycles. The summed E-state index contributed by atoms with van der Waals surface area (Å²) >= 11 is 0. The molecule has 0 radical (unpaired) electrons. The molecule has 1 heterocycles. The molecule has 9 heteroatoms. The number of sulfonamides is 1. The highest BCUT2D eigenvalue weighted by Gasteiger charge is 2.35. The molecular formula is C23H29N3O5S. The molecule has 2 amide bonds. The zero-order valence-electron chi connectivity index (χ0n) is 18.7. The molecule has 32 heavy (non-hydrogen) atoms. The Morgan fingerprint density at radius 3 is 2.28 bits per heavy atom. The van der Waals surface area contributed by atoms with Gasteiger partial charge in [-0.15, -0.1) is 0 Å². The third-order valence-electron chi connectivity index (χ3n) is 4.83. The molecule has 1 aliphatic heterocycles. The van der Waals surface area contributed by atoms with E-state index in [0.717, 1.165) is 11.4 Å². The Bertz CT molecular complexity index is 1070. The van der Waals surface area contributed by atoms with Gasteiger partial charge in [-0.25, -0.2) is 13.1 Å². The molecule has 0 saturated carbocycles. The lowest BCUT2D eigenvalue weighted by atomic mass is 10.1. The molecule has 1 atom stereocenters. The second-order valence-corrected chi connectivity index (χ2v) is 10.4. The molecule has 2 N–H and O–H groups in total. The van der Waals surface area contributed by atoms with Crippen LogP contribution >= 0.6 is 0 Å². The first-order valence-electron chi connectivity index (χ1n) is 10.5. The van der Waals surface area contributed by atoms with E-state index in [0.29, 0.717) is 12.3 Å². The molecule has 3 rings (SSSR count). The summed E-state index contributed by atoms with van der Waals surface area (Å²) in [4.78, 5) is 26.9. The summed E-state index contributed by atoms with van der Waals surface area (Å²) in [6.45, 7) is 8.03. The third-order valence-corrected chi connectivity index (χ3v) is 6.60. The second kappa shape index (κ2) is 9.30. The van der Waals surface area contributed by atoms with Gasteiger partial charge in [0.25, 0.3) is 0 Å². The number of ether oxygens (including phenoxy) is 1. The van der Waals surface area contributed by atoms with Crippen molar-refractivity contribution in [3.8, 4) is 5.75 Å². The summed E-state index contributed by atoms with van der Waals surface area (Å²) in [6, 6.07) is 13.1. The smallest absolute Gasteiger partial charge is 0.241 e. The largest absolute Gasteiger partial charge is 0.494 e. The van der Waals surface area contributed by atoms with Crippen molar-refractivity contribution in [1.82, 2.24) is 4.72 Å². The number of carbonyl (C=O) groups is 2. The van der Waals surface area contributed by atoms with Crippen LogP contribution < -0.4 is 19.7 Å². The van der Waals surface area contributed by atoms with Crippen LogP contribution in [-0.4, -0.2) is 38.9 Å². The van der Waals surface area contributed by atoms with Crippen molar-refractivity contribution in [2.24, 2.45) is 5.92 Å². The van der Waals surface area contributed by atoms with Gasteiger partial charge >= 0.3 is 0 Å². The number of carbonyl (C=O) groups excluding carboxylic acids is 2. The minimum Gasteiger partial charge on any atom is -0.494 e. The van der Waals surface area contributed by atoms with Crippen LogP contribution in [-0.2, 0) is 19.6 Å². The quantitative estimate of drug-likeness (QED) is 0.662. The van der Waals surface area contributed by atoms with Gasteiger partial charge in [-0.1, -0.05) is 0 Å². The highest BCUT2D eigenvalue weighted by molar-refractivity contribution is 7.89. The summed E-state index contributed by atoms with van der Waals surface area (Å²) in [5.74, 6) is -0.181. The predicted octanol–water partition coefficient (Wildman–Crippen LogP) is 3.15. The van der Waals surface area contributed by atoms with Gasteiger partial charge in [0.05, 0.1) is 17.4 Å². The summed E-state index contributed by atoms with van der Waals surface area (Å²) in [5, 5.41) is 2.78. The maximum absolute atomic E-state index is 12.7. The van der Waals surface area contributed by atoms with E-state index in [1.807, 2.05) is 6.92 Å². The fraction of sp³-hybridized carbons (Fsp3) is 0.391. The molecule has 1 aliphatic rings. The van der Waals surface area contributed by atoms with Gasteiger partial charge in [0.1, 0.15) is 5.75 Å². The van der Waals surface area contributed by atoms with Crippen LogP contribution in [0.4, 0.5) is 11.4 Å². The second-order valence-electron chi connectivity index (χ2n) is 8.70. The van der Waals surface area contributed by atoms with E-state index < -0.39 is 21.5 Å². The van der Waals surface area contributed by atoms with Crippen molar-refractivity contribution < 1.29 is 22.7 Å². The van der Waals surface area contributed by atoms with Crippen LogP contribution in [0.25, 0.3) is 0 Å². The lowest BCUT2D eigenvalue weighted by molar-refractivity contribution is -0.122. The first-order chi connectivity index (χ1) is 15.0. The minimum absolute atomic E-state index is 0.112. The molecule has 1 saturated heterocycles. The number of nitrogens with one attached hydrogen (secondary N) is 2. The summed E-state index contributed by atoms with van der Waals surface area (Å²) in [5.41, 5.74) is 0.585. The Morgan fingerprint density at radius 2 is 1.72 bits per heavy atom. The SMILES string of the molecule is CCOc1ccc(N2C[C@@H](C(=O)Nc3ccc(S(=O)(=O)NC(C)(C)C)cc3)CC2=O)cc1. The average Bonchev–Trinajstić information content (AvgIpc) is 3.09. The molecule has 0 spiro atoms. The van der Waals surface area contributed by atoms with Gasteiger partial charge in [-0.05, 0) is 76.2 Å². The Kier molecular flexibility index (Phi) is 6.90. The molecule has 0 unspecified atom stereocenters. The van der Waals surface area contributed by atoms with E-state index in [1.165, 1.54) is 24.3 Å². The molecule has 0 aromatic heterocycles. The Balaban J connectivity index is 1.63. The van der Waals surface area contributed by atoms with Gasteiger partial charge in [-0.2, -0.15) is 0 Å². The van der Waals surface area contributed by atoms with E-state index in [9.17, 15) is 18.0 Å². The van der Waals surface area contributed by atoms with E-state index in [2.05, 4.69) is 10.0 Å². The van der Waals surface area contributed by atoms with Gasteiger partial charge in [0, 0.05) is 29.9 Å². The normalized spacial score (nSPS) is 16.8. The number of nitrogens with zero attached hydrogens (tertiary/aromatic N) is 1. The fourth-order valence-corrected chi connectivity index (χ4v) is 4.86. The number of hydrogen-bond donors (Lipinski definition) is 2. The molecule has 8 nitrogen and oxygen atoms in total. The molecule has 2 aromatic carbocycles. The van der Waals surface area contributed by atoms with Crippen molar-refractivity contribution in [3.63, 3.8) is 0 Å². The summed E-state index contributed by atoms with van der Waals surface area (Å²) < 4.78 is 32.8. The van der Waals surface area contributed by atoms with Gasteiger partial charge < -0.3 is 15.0 Å². The Morgan fingerprint density at radius 1 is 1.09 bits per heavy atom. The van der Waals surface area contributed by atoms with Crippen LogP contribution in [0.5, 0.6) is 5.75 Å². The summed E-state index contributed by atoms with van der Waals surface area (Å²) in [7, 11) is -3.65. The molecular weight excluding hydrogens is 430 g/mol. The van der Waals surface area contributed by atoms with Crippen molar-refractivity contribution in [2.45, 2.75) is 44.6 Å². The Hall–Kier alpha value is -2.91. The molecule has 172 valence electrons. The third kappa shape index (κ3) is 5.86. The zero-order valence-corrected chi connectivity index (χ0v) is 19.5. The highest BCUT2D eigenvalue weighted by atomic mass is 32.2. The number of anilines is 2. The number of benzene rings is 2. The average molecular weight is 460 g/mol. The molecule has 2 aromatic rings. The molecule has 1 fully saturated rings. The maximum atomic E-state index is 12.7. The lowest BCUT2D eigenvalue weighted by Crippen LogP contribution is -2.40. The Labute approximate surface area is 189 Å². The first-order valence-corrected chi connectivity index (χ1v) is 11.9. The fourth-order valence-electron chi connectivity index (χ4n) is 3.45. The van der Waals surface area contributed by atoms with Gasteiger partial charge in [-0.3, -0.25) is 9.59 Å². The lowest BCUT2D eigenvalue weighted by Gasteiger charge is -2.20. The number of rotatable bonds is 7. The van der Waals surface area contributed by atoms with Crippen LogP contribution in [0.2, 0.25) is 0 Å². The van der Waals surface area contributed by atoms with E-state index in [1.54, 1.807) is 49.9 Å². The van der Waals surface area contributed by atoms with E-state index >= 15 is 0 Å². The van der Waals surface area contributed by atoms with Crippen LogP contribution in [0, 0.1) is 5.92 Å². The van der Waals surface area contributed by atoms with Crippen LogP contribution in [0.1, 0.15) is 34.1 Å². The van der Waals surface area contributed by atoms with E-state index in [-0.39, 0.29) is 29.7 Å². The molecule has 0 bridgehead atoms. The van der Waals surface area contributed by atoms with E-state index in [4.69, 9.17) is 4.74 Å². The first kappa shape index (κ1) is 23.7. The van der Waals surface area contributed by atoms with Crippen molar-refractivity contribution in [1.29, 1.82) is 0 Å². The van der Waals surface area contributed by atoms with Gasteiger partial charge in [0.15, 0.2) is 0 Å². The van der Waals surface area contributed by atoms with Gasteiger partial charge in [0.2, 0.25) is 21.8 Å². The maximum Gasteiger partial charge on any atom is 0.241 e. The standard InChI is InChI=1S/C23H29N3O5S/c1-5-31-19-10-8-18(9-11-19)26-15-16(14-21(26)27)22(28)24-17-6-12-20(13-7-17)32(29,30)25-23(2,3)4/h6-13,16,25H,5,14-15H2,1-4H3,(H,24,28)/t16-/m0/s1. The highest BCUT2D eigenvalue weighted by Crippen LogP contribution is 2.28. The van der Waals surface area contributed by atoms with Crippen molar-refractivity contribution >= 4 is 33.2 Å². The topological polar surface area (TPSA) is 105 Å². The zero-order chi connectivity index (χ0) is 23.5.